The number of amides is 1. The van der Waals surface area contributed by atoms with Crippen LogP contribution in [0.5, 0.6) is 0 Å². The smallest absolute Gasteiger partial charge is 0.257 e. The second-order valence-electron chi connectivity index (χ2n) is 7.15. The SMILES string of the molecule is Cc1ncncc1C(=O)N1CCC[C@H](c2nccnc2-c2cnc(C)n2C)C1. The summed E-state index contributed by atoms with van der Waals surface area (Å²) in [5.41, 5.74) is 3.96. The van der Waals surface area contributed by atoms with Crippen molar-refractivity contribution in [1.82, 2.24) is 34.4 Å². The first-order valence-corrected chi connectivity index (χ1v) is 9.41. The number of aromatic nitrogens is 6. The maximum atomic E-state index is 13.0. The fraction of sp³-hybridized carbons (Fsp3) is 0.400. The van der Waals surface area contributed by atoms with E-state index >= 15 is 0 Å². The maximum Gasteiger partial charge on any atom is 0.257 e. The molecule has 1 fully saturated rings. The summed E-state index contributed by atoms with van der Waals surface area (Å²) >= 11 is 0. The van der Waals surface area contributed by atoms with Crippen LogP contribution in [0.15, 0.2) is 31.1 Å². The van der Waals surface area contributed by atoms with Crippen molar-refractivity contribution in [2.24, 2.45) is 7.05 Å². The minimum Gasteiger partial charge on any atom is -0.338 e. The topological polar surface area (TPSA) is 89.7 Å². The van der Waals surface area contributed by atoms with E-state index in [4.69, 9.17) is 0 Å². The van der Waals surface area contributed by atoms with E-state index in [1.807, 2.05) is 36.6 Å². The van der Waals surface area contributed by atoms with Crippen molar-refractivity contribution in [2.75, 3.05) is 13.1 Å². The molecule has 1 amide bonds. The van der Waals surface area contributed by atoms with Crippen molar-refractivity contribution in [3.63, 3.8) is 0 Å². The molecule has 0 aromatic carbocycles. The number of hydrogen-bond donors (Lipinski definition) is 0. The van der Waals surface area contributed by atoms with Gasteiger partial charge in [-0.15, -0.1) is 0 Å². The molecule has 1 aliphatic heterocycles. The van der Waals surface area contributed by atoms with Gasteiger partial charge in [-0.05, 0) is 26.7 Å². The zero-order valence-corrected chi connectivity index (χ0v) is 16.3. The zero-order valence-electron chi connectivity index (χ0n) is 16.3. The number of carbonyl (C=O) groups is 1. The van der Waals surface area contributed by atoms with Crippen molar-refractivity contribution >= 4 is 5.91 Å². The molecule has 8 heteroatoms. The minimum atomic E-state index is -0.0235. The molecule has 3 aromatic rings. The van der Waals surface area contributed by atoms with Crippen molar-refractivity contribution in [3.8, 4) is 11.4 Å². The molecule has 0 saturated carbocycles. The van der Waals surface area contributed by atoms with E-state index in [0.717, 1.165) is 42.3 Å². The molecule has 4 rings (SSSR count). The van der Waals surface area contributed by atoms with E-state index in [1.54, 1.807) is 18.6 Å². The number of piperidine rings is 1. The zero-order chi connectivity index (χ0) is 19.7. The van der Waals surface area contributed by atoms with Gasteiger partial charge >= 0.3 is 0 Å². The highest BCUT2D eigenvalue weighted by Crippen LogP contribution is 2.32. The highest BCUT2D eigenvalue weighted by Gasteiger charge is 2.29. The summed E-state index contributed by atoms with van der Waals surface area (Å²) in [6, 6.07) is 0. The lowest BCUT2D eigenvalue weighted by molar-refractivity contribution is 0.0704. The Balaban J connectivity index is 1.63. The Kier molecular flexibility index (Phi) is 4.85. The van der Waals surface area contributed by atoms with E-state index < -0.39 is 0 Å². The quantitative estimate of drug-likeness (QED) is 0.696. The van der Waals surface area contributed by atoms with Crippen LogP contribution < -0.4 is 0 Å². The van der Waals surface area contributed by atoms with E-state index in [0.29, 0.717) is 17.8 Å². The lowest BCUT2D eigenvalue weighted by Gasteiger charge is -2.33. The van der Waals surface area contributed by atoms with Gasteiger partial charge in [0.25, 0.3) is 5.91 Å². The van der Waals surface area contributed by atoms with Crippen LogP contribution in [0.3, 0.4) is 0 Å². The Labute approximate surface area is 163 Å². The Morgan fingerprint density at radius 3 is 2.68 bits per heavy atom. The number of likely N-dealkylation sites (tertiary alicyclic amines) is 1. The predicted octanol–water partition coefficient (Wildman–Crippen LogP) is 2.30. The van der Waals surface area contributed by atoms with Crippen molar-refractivity contribution in [1.29, 1.82) is 0 Å². The monoisotopic (exact) mass is 377 g/mol. The van der Waals surface area contributed by atoms with E-state index in [-0.39, 0.29) is 11.8 Å². The van der Waals surface area contributed by atoms with Gasteiger partial charge in [-0.3, -0.25) is 14.8 Å². The molecule has 0 bridgehead atoms. The molecule has 0 radical (unpaired) electrons. The summed E-state index contributed by atoms with van der Waals surface area (Å²) in [4.78, 5) is 36.7. The third kappa shape index (κ3) is 3.26. The van der Waals surface area contributed by atoms with Gasteiger partial charge in [0.05, 0.1) is 28.8 Å². The number of imidazole rings is 1. The van der Waals surface area contributed by atoms with Crippen LogP contribution in [0, 0.1) is 13.8 Å². The van der Waals surface area contributed by atoms with Gasteiger partial charge in [0, 0.05) is 44.6 Å². The van der Waals surface area contributed by atoms with Crippen molar-refractivity contribution < 1.29 is 4.79 Å². The highest BCUT2D eigenvalue weighted by molar-refractivity contribution is 5.95. The van der Waals surface area contributed by atoms with Gasteiger partial charge in [-0.2, -0.15) is 0 Å². The van der Waals surface area contributed by atoms with E-state index in [1.165, 1.54) is 6.33 Å². The van der Waals surface area contributed by atoms with Gasteiger partial charge in [0.1, 0.15) is 17.8 Å². The lowest BCUT2D eigenvalue weighted by atomic mass is 9.92. The molecular weight excluding hydrogens is 354 g/mol. The largest absolute Gasteiger partial charge is 0.338 e. The summed E-state index contributed by atoms with van der Waals surface area (Å²) in [5, 5.41) is 0. The van der Waals surface area contributed by atoms with E-state index in [2.05, 4.69) is 24.9 Å². The molecule has 4 heterocycles. The summed E-state index contributed by atoms with van der Waals surface area (Å²) in [5.74, 6) is 1.03. The van der Waals surface area contributed by atoms with Crippen molar-refractivity contribution in [2.45, 2.75) is 32.6 Å². The van der Waals surface area contributed by atoms with Crippen LogP contribution in [0.25, 0.3) is 11.4 Å². The average molecular weight is 377 g/mol. The molecule has 0 aliphatic carbocycles. The number of aryl methyl sites for hydroxylation is 2. The van der Waals surface area contributed by atoms with Crippen LogP contribution in [0.1, 0.15) is 46.3 Å². The predicted molar refractivity (Wildman–Crippen MR) is 104 cm³/mol. The summed E-state index contributed by atoms with van der Waals surface area (Å²) in [6.45, 7) is 5.13. The fourth-order valence-electron chi connectivity index (χ4n) is 3.72. The van der Waals surface area contributed by atoms with Gasteiger partial charge in [-0.1, -0.05) is 0 Å². The number of rotatable bonds is 3. The van der Waals surface area contributed by atoms with Crippen LogP contribution >= 0.6 is 0 Å². The molecule has 8 nitrogen and oxygen atoms in total. The van der Waals surface area contributed by atoms with Gasteiger partial charge in [0.2, 0.25) is 0 Å². The summed E-state index contributed by atoms with van der Waals surface area (Å²) in [7, 11) is 1.98. The Morgan fingerprint density at radius 2 is 1.93 bits per heavy atom. The third-order valence-electron chi connectivity index (χ3n) is 5.43. The van der Waals surface area contributed by atoms with Gasteiger partial charge < -0.3 is 9.47 Å². The molecular formula is C20H23N7O. The fourth-order valence-corrected chi connectivity index (χ4v) is 3.72. The van der Waals surface area contributed by atoms with Gasteiger partial charge in [0.15, 0.2) is 0 Å². The third-order valence-corrected chi connectivity index (χ3v) is 5.43. The Morgan fingerprint density at radius 1 is 1.11 bits per heavy atom. The number of carbonyl (C=O) groups excluding carboxylic acids is 1. The molecule has 1 saturated heterocycles. The van der Waals surface area contributed by atoms with Crippen molar-refractivity contribution in [3.05, 3.63) is 53.9 Å². The molecule has 0 N–H and O–H groups in total. The first kappa shape index (κ1) is 18.2. The first-order valence-electron chi connectivity index (χ1n) is 9.41. The summed E-state index contributed by atoms with van der Waals surface area (Å²) in [6.07, 6.45) is 10.2. The van der Waals surface area contributed by atoms with Crippen LogP contribution in [0.4, 0.5) is 0 Å². The molecule has 28 heavy (non-hydrogen) atoms. The molecule has 3 aromatic heterocycles. The van der Waals surface area contributed by atoms with Crippen LogP contribution in [-0.2, 0) is 7.05 Å². The normalized spacial score (nSPS) is 17.0. The van der Waals surface area contributed by atoms with E-state index in [9.17, 15) is 4.79 Å². The number of nitrogens with zero attached hydrogens (tertiary/aromatic N) is 7. The van der Waals surface area contributed by atoms with Crippen LogP contribution in [0.2, 0.25) is 0 Å². The molecule has 1 aliphatic rings. The Bertz CT molecular complexity index is 1010. The molecule has 0 spiro atoms. The minimum absolute atomic E-state index is 0.0235. The molecule has 1 atom stereocenters. The second-order valence-corrected chi connectivity index (χ2v) is 7.15. The number of hydrogen-bond acceptors (Lipinski definition) is 6. The standard InChI is InChI=1S/C20H23N7O/c1-13-16(9-21-12-25-13)20(28)27-8-4-5-15(11-27)18-19(23-7-6-22-18)17-10-24-14(2)26(17)3/h6-7,9-10,12,15H,4-5,8,11H2,1-3H3/t15-/m0/s1. The van der Waals surface area contributed by atoms with Gasteiger partial charge in [-0.25, -0.2) is 15.0 Å². The average Bonchev–Trinajstić information content (AvgIpc) is 3.06. The first-order chi connectivity index (χ1) is 13.6. The molecule has 144 valence electrons. The second kappa shape index (κ2) is 7.46. The highest BCUT2D eigenvalue weighted by atomic mass is 16.2. The molecule has 0 unspecified atom stereocenters. The lowest BCUT2D eigenvalue weighted by Crippen LogP contribution is -2.40. The summed E-state index contributed by atoms with van der Waals surface area (Å²) < 4.78 is 2.02. The maximum absolute atomic E-state index is 13.0. The Hall–Kier alpha value is -3.16. The van der Waals surface area contributed by atoms with Crippen LogP contribution in [-0.4, -0.2) is 53.4 Å².